The molecular weight excluding hydrogens is 302 g/mol. The molecule has 4 nitrogen and oxygen atoms in total. The lowest BCUT2D eigenvalue weighted by Gasteiger charge is -2.26. The van der Waals surface area contributed by atoms with Gasteiger partial charge in [-0.05, 0) is 35.7 Å². The van der Waals surface area contributed by atoms with Crippen molar-refractivity contribution in [1.82, 2.24) is 0 Å². The van der Waals surface area contributed by atoms with E-state index >= 15 is 0 Å². The van der Waals surface area contributed by atoms with Gasteiger partial charge in [0.05, 0.1) is 0 Å². The molecular formula is C20H19NO3. The summed E-state index contributed by atoms with van der Waals surface area (Å²) in [6.07, 6.45) is -0.217. The van der Waals surface area contributed by atoms with E-state index in [4.69, 9.17) is 14.9 Å². The standard InChI is InChI=1S/C20H19NO3/c1-20(2)11-14-9-13(7-8-15(14)18(20)24-19(21)22)17-10-12-5-3-4-6-16(12)23-17/h3-10,18H,11H2,1-2H3,(H2,21,22). The summed E-state index contributed by atoms with van der Waals surface area (Å²) in [6, 6.07) is 16.2. The van der Waals surface area contributed by atoms with E-state index in [1.54, 1.807) is 0 Å². The number of ether oxygens (including phenoxy) is 1. The topological polar surface area (TPSA) is 65.5 Å². The van der Waals surface area contributed by atoms with Crippen LogP contribution >= 0.6 is 0 Å². The zero-order chi connectivity index (χ0) is 16.9. The Kier molecular flexibility index (Phi) is 3.17. The van der Waals surface area contributed by atoms with Crippen molar-refractivity contribution in [1.29, 1.82) is 0 Å². The van der Waals surface area contributed by atoms with Gasteiger partial charge < -0.3 is 14.9 Å². The summed E-state index contributed by atoms with van der Waals surface area (Å²) in [5.41, 5.74) is 9.17. The lowest BCUT2D eigenvalue weighted by Crippen LogP contribution is -2.25. The Labute approximate surface area is 140 Å². The summed E-state index contributed by atoms with van der Waals surface area (Å²) in [5, 5.41) is 1.09. The number of carbonyl (C=O) groups is 1. The largest absolute Gasteiger partial charge is 0.456 e. The summed E-state index contributed by atoms with van der Waals surface area (Å²) < 4.78 is 11.3. The molecule has 2 N–H and O–H groups in total. The summed E-state index contributed by atoms with van der Waals surface area (Å²) in [4.78, 5) is 11.2. The molecule has 0 saturated carbocycles. The fraction of sp³-hybridized carbons (Fsp3) is 0.250. The number of carbonyl (C=O) groups excluding carboxylic acids is 1. The Morgan fingerprint density at radius 2 is 2.00 bits per heavy atom. The molecule has 1 heterocycles. The zero-order valence-corrected chi connectivity index (χ0v) is 13.7. The van der Waals surface area contributed by atoms with E-state index < -0.39 is 6.09 Å². The summed E-state index contributed by atoms with van der Waals surface area (Å²) >= 11 is 0. The Hall–Kier alpha value is -2.75. The normalized spacial score (nSPS) is 18.5. The molecule has 1 atom stereocenters. The average molecular weight is 321 g/mol. The molecule has 4 rings (SSSR count). The van der Waals surface area contributed by atoms with Crippen LogP contribution in [-0.2, 0) is 11.2 Å². The van der Waals surface area contributed by atoms with Crippen LogP contribution in [0.3, 0.4) is 0 Å². The molecule has 1 aliphatic carbocycles. The summed E-state index contributed by atoms with van der Waals surface area (Å²) in [5.74, 6) is 0.844. The molecule has 0 radical (unpaired) electrons. The highest BCUT2D eigenvalue weighted by Crippen LogP contribution is 2.48. The minimum Gasteiger partial charge on any atom is -0.456 e. The second-order valence-corrected chi connectivity index (χ2v) is 7.04. The highest BCUT2D eigenvalue weighted by Gasteiger charge is 2.41. The first kappa shape index (κ1) is 14.8. The Bertz CT molecular complexity index is 906. The average Bonchev–Trinajstić information content (AvgIpc) is 3.05. The molecule has 1 amide bonds. The third-order valence-electron chi connectivity index (χ3n) is 4.73. The molecule has 1 aliphatic rings. The number of amides is 1. The van der Waals surface area contributed by atoms with E-state index in [1.807, 2.05) is 36.4 Å². The van der Waals surface area contributed by atoms with E-state index in [0.717, 1.165) is 34.3 Å². The van der Waals surface area contributed by atoms with Gasteiger partial charge in [0.25, 0.3) is 0 Å². The Morgan fingerprint density at radius 1 is 1.21 bits per heavy atom. The van der Waals surface area contributed by atoms with Gasteiger partial charge in [-0.15, -0.1) is 0 Å². The predicted molar refractivity (Wildman–Crippen MR) is 92.5 cm³/mol. The number of furan rings is 1. The van der Waals surface area contributed by atoms with Crippen molar-refractivity contribution in [3.63, 3.8) is 0 Å². The van der Waals surface area contributed by atoms with Crippen LogP contribution in [0.4, 0.5) is 4.79 Å². The number of benzene rings is 2. The molecule has 4 heteroatoms. The van der Waals surface area contributed by atoms with Crippen LogP contribution < -0.4 is 5.73 Å². The number of hydrogen-bond acceptors (Lipinski definition) is 3. The fourth-order valence-corrected chi connectivity index (χ4v) is 3.64. The smallest absolute Gasteiger partial charge is 0.405 e. The second kappa shape index (κ2) is 5.13. The van der Waals surface area contributed by atoms with Gasteiger partial charge in [-0.2, -0.15) is 0 Å². The lowest BCUT2D eigenvalue weighted by atomic mass is 9.87. The van der Waals surface area contributed by atoms with Gasteiger partial charge in [0.1, 0.15) is 17.4 Å². The number of para-hydroxylation sites is 1. The minimum atomic E-state index is -0.734. The Balaban J connectivity index is 1.75. The van der Waals surface area contributed by atoms with E-state index in [1.165, 1.54) is 5.56 Å². The van der Waals surface area contributed by atoms with Crippen LogP contribution in [-0.4, -0.2) is 6.09 Å². The maximum atomic E-state index is 11.2. The van der Waals surface area contributed by atoms with E-state index in [0.29, 0.717) is 0 Å². The highest BCUT2D eigenvalue weighted by atomic mass is 16.6. The molecule has 3 aromatic rings. The minimum absolute atomic E-state index is 0.177. The van der Waals surface area contributed by atoms with Gasteiger partial charge in [0, 0.05) is 16.4 Å². The number of primary amides is 1. The predicted octanol–water partition coefficient (Wildman–Crippen LogP) is 4.82. The molecule has 2 aromatic carbocycles. The van der Waals surface area contributed by atoms with Gasteiger partial charge in [-0.3, -0.25) is 0 Å². The molecule has 1 unspecified atom stereocenters. The third-order valence-corrected chi connectivity index (χ3v) is 4.73. The summed E-state index contributed by atoms with van der Waals surface area (Å²) in [6.45, 7) is 4.17. The van der Waals surface area contributed by atoms with Crippen molar-refractivity contribution >= 4 is 17.1 Å². The van der Waals surface area contributed by atoms with Crippen LogP contribution in [0.5, 0.6) is 0 Å². The van der Waals surface area contributed by atoms with Crippen LogP contribution in [0, 0.1) is 5.41 Å². The van der Waals surface area contributed by atoms with Crippen molar-refractivity contribution in [3.05, 3.63) is 59.7 Å². The third kappa shape index (κ3) is 2.35. The Morgan fingerprint density at radius 3 is 2.75 bits per heavy atom. The van der Waals surface area contributed by atoms with Gasteiger partial charge in [0.15, 0.2) is 0 Å². The lowest BCUT2D eigenvalue weighted by molar-refractivity contribution is 0.0392. The number of nitrogens with two attached hydrogens (primary N) is 1. The van der Waals surface area contributed by atoms with Gasteiger partial charge in [-0.25, -0.2) is 4.79 Å². The molecule has 0 bridgehead atoms. The van der Waals surface area contributed by atoms with Crippen LogP contribution in [0.2, 0.25) is 0 Å². The highest BCUT2D eigenvalue weighted by molar-refractivity contribution is 5.82. The molecule has 0 spiro atoms. The maximum absolute atomic E-state index is 11.2. The van der Waals surface area contributed by atoms with Crippen molar-refractivity contribution in [2.24, 2.45) is 11.1 Å². The van der Waals surface area contributed by atoms with Crippen molar-refractivity contribution in [2.45, 2.75) is 26.4 Å². The van der Waals surface area contributed by atoms with Gasteiger partial charge in [-0.1, -0.05) is 44.2 Å². The maximum Gasteiger partial charge on any atom is 0.405 e. The first-order chi connectivity index (χ1) is 11.4. The number of fused-ring (bicyclic) bond motifs is 2. The molecule has 24 heavy (non-hydrogen) atoms. The van der Waals surface area contributed by atoms with Crippen LogP contribution in [0.15, 0.2) is 52.9 Å². The molecule has 0 saturated heterocycles. The van der Waals surface area contributed by atoms with Crippen molar-refractivity contribution in [2.75, 3.05) is 0 Å². The van der Waals surface area contributed by atoms with Crippen molar-refractivity contribution < 1.29 is 13.9 Å². The number of hydrogen-bond donors (Lipinski definition) is 1. The molecule has 0 aliphatic heterocycles. The zero-order valence-electron chi connectivity index (χ0n) is 13.7. The van der Waals surface area contributed by atoms with Gasteiger partial charge >= 0.3 is 6.09 Å². The fourth-order valence-electron chi connectivity index (χ4n) is 3.64. The number of rotatable bonds is 2. The monoisotopic (exact) mass is 321 g/mol. The van der Waals surface area contributed by atoms with E-state index in [9.17, 15) is 4.79 Å². The first-order valence-electron chi connectivity index (χ1n) is 8.02. The molecule has 122 valence electrons. The quantitative estimate of drug-likeness (QED) is 0.736. The second-order valence-electron chi connectivity index (χ2n) is 7.04. The van der Waals surface area contributed by atoms with Crippen molar-refractivity contribution in [3.8, 4) is 11.3 Å². The van der Waals surface area contributed by atoms with E-state index in [2.05, 4.69) is 26.0 Å². The SMILES string of the molecule is CC1(C)Cc2cc(-c3cc4ccccc4o3)ccc2C1OC(N)=O. The van der Waals surface area contributed by atoms with E-state index in [-0.39, 0.29) is 11.5 Å². The van der Waals surface area contributed by atoms with Crippen LogP contribution in [0.25, 0.3) is 22.3 Å². The van der Waals surface area contributed by atoms with Crippen LogP contribution in [0.1, 0.15) is 31.1 Å². The van der Waals surface area contributed by atoms with Gasteiger partial charge in [0.2, 0.25) is 0 Å². The first-order valence-corrected chi connectivity index (χ1v) is 8.02. The molecule has 1 aromatic heterocycles. The molecule has 0 fully saturated rings. The summed E-state index contributed by atoms with van der Waals surface area (Å²) in [7, 11) is 0.